The number of amides is 1. The number of nitrogens with one attached hydrogen (secondary N) is 1. The summed E-state index contributed by atoms with van der Waals surface area (Å²) in [5, 5.41) is 3.07. The molecule has 1 rings (SSSR count). The molecule has 0 aromatic heterocycles. The normalized spacial score (nSPS) is 18.4. The molecule has 4 heteroatoms. The van der Waals surface area contributed by atoms with Crippen molar-refractivity contribution < 1.29 is 4.79 Å². The number of thioether (sulfide) groups is 1. The first-order valence-corrected chi connectivity index (χ1v) is 6.06. The SMILES string of the molecule is CCNCC(=O)N1CCCSCC1. The predicted molar refractivity (Wildman–Crippen MR) is 57.1 cm³/mol. The van der Waals surface area contributed by atoms with E-state index in [4.69, 9.17) is 0 Å². The zero-order valence-corrected chi connectivity index (χ0v) is 9.03. The van der Waals surface area contributed by atoms with E-state index in [1.165, 1.54) is 5.75 Å². The van der Waals surface area contributed by atoms with Crippen LogP contribution >= 0.6 is 11.8 Å². The van der Waals surface area contributed by atoms with Gasteiger partial charge in [-0.15, -0.1) is 0 Å². The van der Waals surface area contributed by atoms with Crippen molar-refractivity contribution >= 4 is 17.7 Å². The summed E-state index contributed by atoms with van der Waals surface area (Å²) in [5.74, 6) is 2.55. The average molecular weight is 202 g/mol. The zero-order chi connectivity index (χ0) is 9.52. The Bertz CT molecular complexity index is 156. The molecule has 0 unspecified atom stereocenters. The number of carbonyl (C=O) groups excluding carboxylic acids is 1. The Morgan fingerprint density at radius 1 is 1.46 bits per heavy atom. The molecule has 3 nitrogen and oxygen atoms in total. The number of carbonyl (C=O) groups is 1. The van der Waals surface area contributed by atoms with Gasteiger partial charge in [0.05, 0.1) is 6.54 Å². The lowest BCUT2D eigenvalue weighted by Gasteiger charge is -2.19. The highest BCUT2D eigenvalue weighted by molar-refractivity contribution is 7.99. The van der Waals surface area contributed by atoms with Crippen molar-refractivity contribution in [2.45, 2.75) is 13.3 Å². The minimum atomic E-state index is 0.254. The van der Waals surface area contributed by atoms with Crippen molar-refractivity contribution in [3.8, 4) is 0 Å². The molecule has 0 aromatic rings. The van der Waals surface area contributed by atoms with E-state index in [-0.39, 0.29) is 5.91 Å². The fourth-order valence-corrected chi connectivity index (χ4v) is 2.23. The second-order valence-electron chi connectivity index (χ2n) is 3.13. The van der Waals surface area contributed by atoms with Crippen LogP contribution in [-0.4, -0.2) is 48.5 Å². The van der Waals surface area contributed by atoms with Crippen molar-refractivity contribution in [1.29, 1.82) is 0 Å². The topological polar surface area (TPSA) is 32.3 Å². The van der Waals surface area contributed by atoms with Crippen molar-refractivity contribution in [2.24, 2.45) is 0 Å². The van der Waals surface area contributed by atoms with E-state index in [0.29, 0.717) is 6.54 Å². The molecule has 13 heavy (non-hydrogen) atoms. The van der Waals surface area contributed by atoms with Crippen LogP contribution in [0, 0.1) is 0 Å². The van der Waals surface area contributed by atoms with E-state index in [1.807, 2.05) is 23.6 Å². The van der Waals surface area contributed by atoms with Crippen LogP contribution in [0.25, 0.3) is 0 Å². The highest BCUT2D eigenvalue weighted by Crippen LogP contribution is 2.09. The van der Waals surface area contributed by atoms with Crippen LogP contribution in [0.2, 0.25) is 0 Å². The number of likely N-dealkylation sites (N-methyl/N-ethyl adjacent to an activating group) is 1. The highest BCUT2D eigenvalue weighted by Gasteiger charge is 2.14. The summed E-state index contributed by atoms with van der Waals surface area (Å²) in [6, 6.07) is 0. The number of hydrogen-bond donors (Lipinski definition) is 1. The minimum Gasteiger partial charge on any atom is -0.341 e. The van der Waals surface area contributed by atoms with Crippen LogP contribution in [0.5, 0.6) is 0 Å². The Morgan fingerprint density at radius 3 is 3.08 bits per heavy atom. The Morgan fingerprint density at radius 2 is 2.31 bits per heavy atom. The van der Waals surface area contributed by atoms with Gasteiger partial charge in [-0.1, -0.05) is 6.92 Å². The highest BCUT2D eigenvalue weighted by atomic mass is 32.2. The van der Waals surface area contributed by atoms with Gasteiger partial charge in [0, 0.05) is 18.8 Å². The molecule has 1 amide bonds. The fraction of sp³-hybridized carbons (Fsp3) is 0.889. The second kappa shape index (κ2) is 6.27. The van der Waals surface area contributed by atoms with E-state index in [2.05, 4.69) is 5.32 Å². The average Bonchev–Trinajstić information content (AvgIpc) is 2.42. The molecule has 0 bridgehead atoms. The van der Waals surface area contributed by atoms with Crippen LogP contribution in [0.15, 0.2) is 0 Å². The van der Waals surface area contributed by atoms with Crippen molar-refractivity contribution in [2.75, 3.05) is 37.7 Å². The van der Waals surface area contributed by atoms with Crippen LogP contribution in [0.1, 0.15) is 13.3 Å². The molecular formula is C9H18N2OS. The summed E-state index contributed by atoms with van der Waals surface area (Å²) < 4.78 is 0. The summed E-state index contributed by atoms with van der Waals surface area (Å²) in [4.78, 5) is 13.5. The molecule has 0 radical (unpaired) electrons. The van der Waals surface area contributed by atoms with E-state index < -0.39 is 0 Å². The summed E-state index contributed by atoms with van der Waals surface area (Å²) in [6.45, 7) is 5.26. The number of hydrogen-bond acceptors (Lipinski definition) is 3. The maximum atomic E-state index is 11.6. The Hall–Kier alpha value is -0.220. The van der Waals surface area contributed by atoms with Crippen LogP contribution in [0.3, 0.4) is 0 Å². The first-order chi connectivity index (χ1) is 6.34. The molecule has 0 saturated carbocycles. The molecule has 1 fully saturated rings. The molecule has 1 heterocycles. The zero-order valence-electron chi connectivity index (χ0n) is 8.21. The van der Waals surface area contributed by atoms with Gasteiger partial charge in [-0.25, -0.2) is 0 Å². The second-order valence-corrected chi connectivity index (χ2v) is 4.35. The molecule has 0 spiro atoms. The van der Waals surface area contributed by atoms with Crippen LogP contribution in [0.4, 0.5) is 0 Å². The molecule has 1 N–H and O–H groups in total. The molecule has 0 atom stereocenters. The Kier molecular flexibility index (Phi) is 5.23. The van der Waals surface area contributed by atoms with Crippen LogP contribution in [-0.2, 0) is 4.79 Å². The van der Waals surface area contributed by atoms with E-state index >= 15 is 0 Å². The third kappa shape index (κ3) is 4.00. The summed E-state index contributed by atoms with van der Waals surface area (Å²) in [6.07, 6.45) is 1.14. The molecule has 0 aliphatic carbocycles. The van der Waals surface area contributed by atoms with E-state index in [1.54, 1.807) is 0 Å². The van der Waals surface area contributed by atoms with E-state index in [0.717, 1.165) is 31.8 Å². The van der Waals surface area contributed by atoms with Crippen molar-refractivity contribution in [3.63, 3.8) is 0 Å². The monoisotopic (exact) mass is 202 g/mol. The first kappa shape index (κ1) is 10.9. The maximum absolute atomic E-state index is 11.6. The lowest BCUT2D eigenvalue weighted by molar-refractivity contribution is -0.129. The maximum Gasteiger partial charge on any atom is 0.236 e. The van der Waals surface area contributed by atoms with E-state index in [9.17, 15) is 4.79 Å². The van der Waals surface area contributed by atoms with Gasteiger partial charge >= 0.3 is 0 Å². The van der Waals surface area contributed by atoms with Gasteiger partial charge in [-0.2, -0.15) is 11.8 Å². The van der Waals surface area contributed by atoms with Gasteiger partial charge in [0.25, 0.3) is 0 Å². The van der Waals surface area contributed by atoms with Gasteiger partial charge in [-0.3, -0.25) is 4.79 Å². The van der Waals surface area contributed by atoms with Gasteiger partial charge in [0.1, 0.15) is 0 Å². The molecule has 1 aliphatic heterocycles. The molecule has 0 aromatic carbocycles. The quantitative estimate of drug-likeness (QED) is 0.726. The fourth-order valence-electron chi connectivity index (χ4n) is 1.34. The smallest absolute Gasteiger partial charge is 0.236 e. The van der Waals surface area contributed by atoms with Gasteiger partial charge in [0.2, 0.25) is 5.91 Å². The molecule has 1 aliphatic rings. The van der Waals surface area contributed by atoms with Gasteiger partial charge in [0.15, 0.2) is 0 Å². The molecule has 1 saturated heterocycles. The third-order valence-electron chi connectivity index (χ3n) is 2.10. The van der Waals surface area contributed by atoms with Crippen molar-refractivity contribution in [3.05, 3.63) is 0 Å². The third-order valence-corrected chi connectivity index (χ3v) is 3.15. The van der Waals surface area contributed by atoms with Gasteiger partial charge < -0.3 is 10.2 Å². The Labute approximate surface area is 84.2 Å². The summed E-state index contributed by atoms with van der Waals surface area (Å²) in [7, 11) is 0. The lowest BCUT2D eigenvalue weighted by atomic mass is 10.4. The summed E-state index contributed by atoms with van der Waals surface area (Å²) >= 11 is 1.95. The number of rotatable bonds is 3. The summed E-state index contributed by atoms with van der Waals surface area (Å²) in [5.41, 5.74) is 0. The van der Waals surface area contributed by atoms with Gasteiger partial charge in [-0.05, 0) is 18.7 Å². The largest absolute Gasteiger partial charge is 0.341 e. The van der Waals surface area contributed by atoms with Crippen LogP contribution < -0.4 is 5.32 Å². The molecular weight excluding hydrogens is 184 g/mol. The predicted octanol–water partition coefficient (Wildman–Crippen LogP) is 0.561. The minimum absolute atomic E-state index is 0.254. The standard InChI is InChI=1S/C9H18N2OS/c1-2-10-8-9(12)11-4-3-6-13-7-5-11/h10H,2-8H2,1H3. The Balaban J connectivity index is 2.26. The molecule has 76 valence electrons. The lowest BCUT2D eigenvalue weighted by Crippen LogP contribution is -2.39. The number of nitrogens with zero attached hydrogens (tertiary/aromatic N) is 1. The first-order valence-electron chi connectivity index (χ1n) is 4.91. The van der Waals surface area contributed by atoms with Crippen molar-refractivity contribution in [1.82, 2.24) is 10.2 Å².